The van der Waals surface area contributed by atoms with Crippen LogP contribution < -0.4 is 11.1 Å². The van der Waals surface area contributed by atoms with Crippen LogP contribution in [0.1, 0.15) is 10.4 Å². The lowest BCUT2D eigenvalue weighted by molar-refractivity contribution is 0.0965. The minimum Gasteiger partial charge on any atom is -0.472 e. The number of furan rings is 1. The van der Waals surface area contributed by atoms with Crippen molar-refractivity contribution in [2.45, 2.75) is 0 Å². The zero-order chi connectivity index (χ0) is 8.27. The number of primary amides is 1. The van der Waals surface area contributed by atoms with Gasteiger partial charge in [-0.2, -0.15) is 0 Å². The number of hydrogen-bond acceptors (Lipinski definition) is 3. The number of amides is 3. The number of nitrogens with one attached hydrogen (secondary N) is 1. The van der Waals surface area contributed by atoms with E-state index in [2.05, 4.69) is 4.42 Å². The van der Waals surface area contributed by atoms with E-state index >= 15 is 0 Å². The van der Waals surface area contributed by atoms with Crippen molar-refractivity contribution in [3.63, 3.8) is 0 Å². The quantitative estimate of drug-likeness (QED) is 0.601. The van der Waals surface area contributed by atoms with E-state index in [1.165, 1.54) is 18.6 Å². The maximum atomic E-state index is 10.8. The summed E-state index contributed by atoms with van der Waals surface area (Å²) in [5, 5.41) is 1.89. The minimum absolute atomic E-state index is 0.267. The third-order valence-corrected chi connectivity index (χ3v) is 1.02. The van der Waals surface area contributed by atoms with Crippen molar-refractivity contribution in [1.29, 1.82) is 0 Å². The van der Waals surface area contributed by atoms with Crippen LogP contribution in [0.3, 0.4) is 0 Å². The predicted octanol–water partition coefficient (Wildman–Crippen LogP) is 0.0881. The topological polar surface area (TPSA) is 85.3 Å². The largest absolute Gasteiger partial charge is 0.472 e. The molecule has 58 valence electrons. The van der Waals surface area contributed by atoms with E-state index in [4.69, 9.17) is 5.73 Å². The Morgan fingerprint density at radius 2 is 2.27 bits per heavy atom. The molecule has 0 radical (unpaired) electrons. The molecule has 1 rings (SSSR count). The van der Waals surface area contributed by atoms with Gasteiger partial charge in [0.2, 0.25) is 0 Å². The van der Waals surface area contributed by atoms with Crippen molar-refractivity contribution in [2.24, 2.45) is 5.73 Å². The van der Waals surface area contributed by atoms with Crippen LogP contribution in [0, 0.1) is 0 Å². The van der Waals surface area contributed by atoms with Gasteiger partial charge >= 0.3 is 6.03 Å². The maximum absolute atomic E-state index is 10.8. The number of hydrogen-bond donors (Lipinski definition) is 2. The highest BCUT2D eigenvalue weighted by Crippen LogP contribution is 1.98. The van der Waals surface area contributed by atoms with Crippen LogP contribution in [0.2, 0.25) is 0 Å². The molecule has 0 aliphatic carbocycles. The summed E-state index contributed by atoms with van der Waals surface area (Å²) in [6, 6.07) is 0.550. The normalized spacial score (nSPS) is 9.09. The van der Waals surface area contributed by atoms with Crippen LogP contribution in [0.15, 0.2) is 23.0 Å². The summed E-state index contributed by atoms with van der Waals surface area (Å²) in [4.78, 5) is 21.0. The minimum atomic E-state index is -0.879. The van der Waals surface area contributed by atoms with Gasteiger partial charge in [0, 0.05) is 0 Å². The van der Waals surface area contributed by atoms with Crippen molar-refractivity contribution >= 4 is 11.9 Å². The van der Waals surface area contributed by atoms with Gasteiger partial charge in [0.15, 0.2) is 0 Å². The standard InChI is InChI=1S/C6H6N2O3/c7-6(10)8-5(9)4-1-2-11-3-4/h1-3H,(H3,7,8,9,10). The van der Waals surface area contributed by atoms with Crippen molar-refractivity contribution < 1.29 is 14.0 Å². The molecular formula is C6H6N2O3. The highest BCUT2D eigenvalue weighted by molar-refractivity contribution is 6.03. The Labute approximate surface area is 62.2 Å². The Morgan fingerprint density at radius 1 is 1.55 bits per heavy atom. The first-order valence-corrected chi connectivity index (χ1v) is 2.83. The molecule has 0 fully saturated rings. The lowest BCUT2D eigenvalue weighted by Crippen LogP contribution is -2.34. The lowest BCUT2D eigenvalue weighted by Gasteiger charge is -1.94. The first-order valence-electron chi connectivity index (χ1n) is 2.83. The fourth-order valence-corrected chi connectivity index (χ4v) is 0.578. The summed E-state index contributed by atoms with van der Waals surface area (Å²) < 4.78 is 4.60. The van der Waals surface area contributed by atoms with E-state index in [9.17, 15) is 9.59 Å². The van der Waals surface area contributed by atoms with Gasteiger partial charge in [0.1, 0.15) is 6.26 Å². The molecule has 0 bridgehead atoms. The van der Waals surface area contributed by atoms with E-state index in [1.54, 1.807) is 0 Å². The molecule has 0 atom stereocenters. The molecule has 0 aromatic carbocycles. The Bertz CT molecular complexity index is 265. The molecular weight excluding hydrogens is 148 g/mol. The predicted molar refractivity (Wildman–Crippen MR) is 35.8 cm³/mol. The van der Waals surface area contributed by atoms with Gasteiger partial charge in [-0.25, -0.2) is 4.79 Å². The molecule has 5 nitrogen and oxygen atoms in total. The molecule has 1 aromatic rings. The number of imide groups is 1. The van der Waals surface area contributed by atoms with E-state index in [0.717, 1.165) is 0 Å². The molecule has 0 saturated heterocycles. The van der Waals surface area contributed by atoms with Crippen molar-refractivity contribution in [1.82, 2.24) is 5.32 Å². The first kappa shape index (κ1) is 7.33. The number of rotatable bonds is 1. The smallest absolute Gasteiger partial charge is 0.319 e. The highest BCUT2D eigenvalue weighted by atomic mass is 16.3. The summed E-state index contributed by atoms with van der Waals surface area (Å²) in [6.07, 6.45) is 2.55. The van der Waals surface area contributed by atoms with Crippen molar-refractivity contribution in [3.8, 4) is 0 Å². The van der Waals surface area contributed by atoms with Crippen LogP contribution >= 0.6 is 0 Å². The molecule has 3 N–H and O–H groups in total. The highest BCUT2D eigenvalue weighted by Gasteiger charge is 2.07. The number of carbonyl (C=O) groups excluding carboxylic acids is 2. The van der Waals surface area contributed by atoms with Gasteiger partial charge in [0.25, 0.3) is 5.91 Å². The molecule has 1 heterocycles. The van der Waals surface area contributed by atoms with Crippen LogP contribution in [0.4, 0.5) is 4.79 Å². The van der Waals surface area contributed by atoms with Gasteiger partial charge in [0.05, 0.1) is 11.8 Å². The summed E-state index contributed by atoms with van der Waals surface area (Å²) >= 11 is 0. The van der Waals surface area contributed by atoms with Crippen LogP contribution in [0.25, 0.3) is 0 Å². The zero-order valence-electron chi connectivity index (χ0n) is 5.53. The van der Waals surface area contributed by atoms with E-state index in [1.807, 2.05) is 5.32 Å². The monoisotopic (exact) mass is 154 g/mol. The Morgan fingerprint density at radius 3 is 2.73 bits per heavy atom. The Balaban J connectivity index is 2.64. The summed E-state index contributed by atoms with van der Waals surface area (Å²) in [5.41, 5.74) is 4.97. The third kappa shape index (κ3) is 1.82. The lowest BCUT2D eigenvalue weighted by atomic mass is 10.3. The molecule has 11 heavy (non-hydrogen) atoms. The third-order valence-electron chi connectivity index (χ3n) is 1.02. The van der Waals surface area contributed by atoms with Gasteiger partial charge < -0.3 is 10.2 Å². The van der Waals surface area contributed by atoms with Crippen LogP contribution in [-0.4, -0.2) is 11.9 Å². The van der Waals surface area contributed by atoms with E-state index in [-0.39, 0.29) is 5.56 Å². The molecule has 1 aromatic heterocycles. The molecule has 0 spiro atoms. The van der Waals surface area contributed by atoms with E-state index in [0.29, 0.717) is 0 Å². The zero-order valence-corrected chi connectivity index (χ0v) is 5.53. The SMILES string of the molecule is NC(=O)NC(=O)c1ccoc1. The average molecular weight is 154 g/mol. The summed E-state index contributed by atoms with van der Waals surface area (Å²) in [7, 11) is 0. The second-order valence-electron chi connectivity index (χ2n) is 1.83. The first-order chi connectivity index (χ1) is 5.20. The number of nitrogens with two attached hydrogens (primary N) is 1. The molecule has 0 saturated carbocycles. The van der Waals surface area contributed by atoms with E-state index < -0.39 is 11.9 Å². The Hall–Kier alpha value is -1.78. The van der Waals surface area contributed by atoms with Crippen LogP contribution in [-0.2, 0) is 0 Å². The second kappa shape index (κ2) is 2.87. The second-order valence-corrected chi connectivity index (χ2v) is 1.83. The molecule has 3 amide bonds. The maximum Gasteiger partial charge on any atom is 0.319 e. The van der Waals surface area contributed by atoms with Crippen molar-refractivity contribution in [2.75, 3.05) is 0 Å². The average Bonchev–Trinajstić information content (AvgIpc) is 2.35. The summed E-state index contributed by atoms with van der Waals surface area (Å²) in [6.45, 7) is 0. The van der Waals surface area contributed by atoms with Crippen LogP contribution in [0.5, 0.6) is 0 Å². The molecule has 5 heteroatoms. The number of carbonyl (C=O) groups is 2. The van der Waals surface area contributed by atoms with Crippen molar-refractivity contribution in [3.05, 3.63) is 24.2 Å². The van der Waals surface area contributed by atoms with Gasteiger partial charge in [-0.3, -0.25) is 10.1 Å². The van der Waals surface area contributed by atoms with Gasteiger partial charge in [-0.05, 0) is 6.07 Å². The fraction of sp³-hybridized carbons (Fsp3) is 0. The van der Waals surface area contributed by atoms with Gasteiger partial charge in [-0.15, -0.1) is 0 Å². The summed E-state index contributed by atoms with van der Waals surface area (Å²) in [5.74, 6) is -0.564. The molecule has 0 aliphatic heterocycles. The van der Waals surface area contributed by atoms with Gasteiger partial charge in [-0.1, -0.05) is 0 Å². The molecule has 0 aliphatic rings. The fourth-order valence-electron chi connectivity index (χ4n) is 0.578. The molecule has 0 unspecified atom stereocenters. The Kier molecular flexibility index (Phi) is 1.91. The number of urea groups is 1.